The molecule has 2 aliphatic rings. The van der Waals surface area contributed by atoms with Crippen LogP contribution < -0.4 is 10.6 Å². The third kappa shape index (κ3) is 2.38. The summed E-state index contributed by atoms with van der Waals surface area (Å²) < 4.78 is 0. The average molecular weight is 313 g/mol. The molecule has 0 amide bonds. The Hall–Kier alpha value is -1.92. The number of rotatable bonds is 0. The van der Waals surface area contributed by atoms with Gasteiger partial charge in [0.1, 0.15) is 10.7 Å². The van der Waals surface area contributed by atoms with Gasteiger partial charge in [-0.3, -0.25) is 0 Å². The van der Waals surface area contributed by atoms with Gasteiger partial charge in [-0.05, 0) is 26.0 Å². The lowest BCUT2D eigenvalue weighted by atomic mass is 10.2. The number of nitrogens with zero attached hydrogens (tertiary/aromatic N) is 3. The Morgan fingerprint density at radius 3 is 3.05 bits per heavy atom. The van der Waals surface area contributed by atoms with Crippen molar-refractivity contribution in [2.75, 3.05) is 25.0 Å². The summed E-state index contributed by atoms with van der Waals surface area (Å²) in [5.41, 5.74) is 3.00. The summed E-state index contributed by atoms with van der Waals surface area (Å²) >= 11 is 1.69. The van der Waals surface area contributed by atoms with Crippen LogP contribution in [-0.4, -0.2) is 41.4 Å². The molecule has 4 rings (SSSR count). The lowest BCUT2D eigenvalue weighted by molar-refractivity contribution is 0.304. The Morgan fingerprint density at radius 1 is 1.32 bits per heavy atom. The van der Waals surface area contributed by atoms with E-state index in [0.29, 0.717) is 6.04 Å². The van der Waals surface area contributed by atoms with E-state index in [1.807, 2.05) is 19.1 Å². The zero-order chi connectivity index (χ0) is 15.1. The highest BCUT2D eigenvalue weighted by Gasteiger charge is 2.27. The molecule has 1 aromatic carbocycles. The van der Waals surface area contributed by atoms with Crippen molar-refractivity contribution in [1.82, 2.24) is 15.2 Å². The number of aliphatic imine (C=N–C) groups is 1. The maximum absolute atomic E-state index is 4.95. The largest absolute Gasteiger partial charge is 0.352 e. The van der Waals surface area contributed by atoms with E-state index in [4.69, 9.17) is 9.98 Å². The molecule has 1 saturated heterocycles. The lowest BCUT2D eigenvalue weighted by Gasteiger charge is -2.33. The molecule has 0 spiro atoms. The predicted molar refractivity (Wildman–Crippen MR) is 91.8 cm³/mol. The van der Waals surface area contributed by atoms with E-state index in [-0.39, 0.29) is 0 Å². The van der Waals surface area contributed by atoms with Gasteiger partial charge in [0.15, 0.2) is 5.84 Å². The number of aryl methyl sites for hydroxylation is 1. The number of hydrogen-bond donors (Lipinski definition) is 2. The van der Waals surface area contributed by atoms with Gasteiger partial charge in [0.05, 0.1) is 16.4 Å². The molecule has 0 radical (unpaired) electrons. The minimum Gasteiger partial charge on any atom is -0.352 e. The van der Waals surface area contributed by atoms with Crippen LogP contribution in [0.25, 0.3) is 0 Å². The molecule has 0 bridgehead atoms. The number of para-hydroxylation sites is 2. The molecular weight excluding hydrogens is 294 g/mol. The van der Waals surface area contributed by atoms with E-state index in [1.165, 1.54) is 0 Å². The van der Waals surface area contributed by atoms with Crippen molar-refractivity contribution in [1.29, 1.82) is 0 Å². The van der Waals surface area contributed by atoms with Gasteiger partial charge >= 0.3 is 0 Å². The van der Waals surface area contributed by atoms with E-state index in [9.17, 15) is 0 Å². The van der Waals surface area contributed by atoms with Gasteiger partial charge in [0.2, 0.25) is 0 Å². The number of aromatic nitrogens is 1. The average Bonchev–Trinajstić information content (AvgIpc) is 2.79. The van der Waals surface area contributed by atoms with Gasteiger partial charge in [0, 0.05) is 25.7 Å². The summed E-state index contributed by atoms with van der Waals surface area (Å²) in [5, 5.41) is 9.14. The molecular formula is C16H19N5S. The van der Waals surface area contributed by atoms with Crippen LogP contribution in [0, 0.1) is 6.92 Å². The van der Waals surface area contributed by atoms with E-state index in [0.717, 1.165) is 52.5 Å². The Bertz CT molecular complexity index is 736. The summed E-state index contributed by atoms with van der Waals surface area (Å²) in [4.78, 5) is 12.0. The first-order valence-electron chi connectivity index (χ1n) is 7.61. The lowest BCUT2D eigenvalue weighted by Crippen LogP contribution is -2.51. The number of thiazole rings is 1. The molecule has 0 saturated carbocycles. The zero-order valence-corrected chi connectivity index (χ0v) is 13.6. The van der Waals surface area contributed by atoms with E-state index < -0.39 is 0 Å². The third-order valence-corrected chi connectivity index (χ3v) is 4.88. The fourth-order valence-corrected chi connectivity index (χ4v) is 3.80. The highest BCUT2D eigenvalue weighted by molar-refractivity contribution is 7.16. The van der Waals surface area contributed by atoms with Crippen LogP contribution in [0.4, 0.5) is 16.4 Å². The van der Waals surface area contributed by atoms with Gasteiger partial charge in [-0.15, -0.1) is 11.3 Å². The standard InChI is InChI=1S/C16H19N5S/c1-10-9-21(8-7-17-10)15-14-16(22-11(2)18-14)20-13-6-4-3-5-12(13)19-15/h3-6,10,17,20H,7-9H2,1-2H3/t10-/m0/s1. The summed E-state index contributed by atoms with van der Waals surface area (Å²) in [6.45, 7) is 7.15. The summed E-state index contributed by atoms with van der Waals surface area (Å²) in [5.74, 6) is 0.991. The van der Waals surface area contributed by atoms with E-state index >= 15 is 0 Å². The quantitative estimate of drug-likeness (QED) is 0.785. The Balaban J connectivity index is 1.84. The summed E-state index contributed by atoms with van der Waals surface area (Å²) in [7, 11) is 0. The first-order chi connectivity index (χ1) is 10.7. The molecule has 5 nitrogen and oxygen atoms in total. The number of fused-ring (bicyclic) bond motifs is 2. The molecule has 2 N–H and O–H groups in total. The van der Waals surface area contributed by atoms with E-state index in [1.54, 1.807) is 11.3 Å². The molecule has 1 atom stereocenters. The molecule has 0 aliphatic carbocycles. The molecule has 2 aromatic rings. The van der Waals surface area contributed by atoms with Crippen molar-refractivity contribution in [2.24, 2.45) is 4.99 Å². The van der Waals surface area contributed by atoms with Crippen molar-refractivity contribution in [3.05, 3.63) is 35.0 Å². The molecule has 1 aromatic heterocycles. The molecule has 2 aliphatic heterocycles. The van der Waals surface area contributed by atoms with Crippen molar-refractivity contribution in [3.8, 4) is 0 Å². The van der Waals surface area contributed by atoms with Crippen molar-refractivity contribution < 1.29 is 0 Å². The third-order valence-electron chi connectivity index (χ3n) is 3.99. The summed E-state index contributed by atoms with van der Waals surface area (Å²) in [6, 6.07) is 8.65. The molecule has 6 heteroatoms. The number of hydrogen-bond acceptors (Lipinski definition) is 6. The first-order valence-corrected chi connectivity index (χ1v) is 8.43. The minimum atomic E-state index is 0.464. The predicted octanol–water partition coefficient (Wildman–Crippen LogP) is 2.88. The highest BCUT2D eigenvalue weighted by Crippen LogP contribution is 2.37. The molecule has 114 valence electrons. The van der Waals surface area contributed by atoms with Crippen LogP contribution in [-0.2, 0) is 0 Å². The first kappa shape index (κ1) is 13.7. The molecule has 3 heterocycles. The Kier molecular flexibility index (Phi) is 3.35. The monoisotopic (exact) mass is 313 g/mol. The van der Waals surface area contributed by atoms with Gasteiger partial charge < -0.3 is 15.5 Å². The second kappa shape index (κ2) is 5.37. The smallest absolute Gasteiger partial charge is 0.158 e. The molecule has 0 unspecified atom stereocenters. The number of anilines is 2. The highest BCUT2D eigenvalue weighted by atomic mass is 32.1. The van der Waals surface area contributed by atoms with Crippen molar-refractivity contribution in [3.63, 3.8) is 0 Å². The normalized spacial score (nSPS) is 20.5. The second-order valence-electron chi connectivity index (χ2n) is 5.79. The van der Waals surface area contributed by atoms with Gasteiger partial charge in [-0.1, -0.05) is 12.1 Å². The number of amidine groups is 1. The maximum Gasteiger partial charge on any atom is 0.158 e. The number of benzene rings is 1. The molecule has 1 fully saturated rings. The SMILES string of the molecule is Cc1nc2c(s1)Nc1ccccc1N=C2N1CCN[C@@H](C)C1. The maximum atomic E-state index is 4.95. The van der Waals surface area contributed by atoms with Crippen molar-refractivity contribution in [2.45, 2.75) is 19.9 Å². The number of piperazine rings is 1. The van der Waals surface area contributed by atoms with E-state index in [2.05, 4.69) is 34.6 Å². The topological polar surface area (TPSA) is 52.6 Å². The Morgan fingerprint density at radius 2 is 2.18 bits per heavy atom. The summed E-state index contributed by atoms with van der Waals surface area (Å²) in [6.07, 6.45) is 0. The van der Waals surface area contributed by atoms with Crippen LogP contribution in [0.3, 0.4) is 0 Å². The fraction of sp³-hybridized carbons (Fsp3) is 0.375. The van der Waals surface area contributed by atoms with Crippen LogP contribution >= 0.6 is 11.3 Å². The number of nitrogens with one attached hydrogen (secondary N) is 2. The fourth-order valence-electron chi connectivity index (χ4n) is 2.97. The van der Waals surface area contributed by atoms with Crippen LogP contribution in [0.1, 0.15) is 17.6 Å². The van der Waals surface area contributed by atoms with Gasteiger partial charge in [-0.25, -0.2) is 9.98 Å². The zero-order valence-electron chi connectivity index (χ0n) is 12.8. The van der Waals surface area contributed by atoms with Crippen LogP contribution in [0.5, 0.6) is 0 Å². The van der Waals surface area contributed by atoms with Gasteiger partial charge in [-0.2, -0.15) is 0 Å². The second-order valence-corrected chi connectivity index (χ2v) is 6.99. The Labute approximate surface area is 134 Å². The molecule has 22 heavy (non-hydrogen) atoms. The van der Waals surface area contributed by atoms with Crippen molar-refractivity contribution >= 4 is 33.5 Å². The van der Waals surface area contributed by atoms with Crippen LogP contribution in [0.2, 0.25) is 0 Å². The van der Waals surface area contributed by atoms with Gasteiger partial charge in [0.25, 0.3) is 0 Å². The van der Waals surface area contributed by atoms with Crippen LogP contribution in [0.15, 0.2) is 29.3 Å². The minimum absolute atomic E-state index is 0.464.